The van der Waals surface area contributed by atoms with Gasteiger partial charge in [-0.1, -0.05) is 39.3 Å². The number of methoxy groups -OCH3 is 1. The first kappa shape index (κ1) is 22.8. The summed E-state index contributed by atoms with van der Waals surface area (Å²) in [6.07, 6.45) is 5.73. The minimum absolute atomic E-state index is 0.102. The molecule has 0 unspecified atom stereocenters. The van der Waals surface area contributed by atoms with Crippen LogP contribution in [-0.2, 0) is 14.3 Å². The Balaban J connectivity index is 1.91. The van der Waals surface area contributed by atoms with E-state index in [2.05, 4.69) is 6.92 Å². The fraction of sp³-hybridized carbons (Fsp3) is 0.760. The third-order valence-electron chi connectivity index (χ3n) is 10.3. The van der Waals surface area contributed by atoms with Crippen LogP contribution in [0.5, 0.6) is 0 Å². The highest BCUT2D eigenvalue weighted by molar-refractivity contribution is 6.01. The van der Waals surface area contributed by atoms with Crippen molar-refractivity contribution in [2.75, 3.05) is 20.4 Å². The molecule has 8 atom stereocenters. The highest BCUT2D eigenvalue weighted by atomic mass is 19.1. The predicted octanol–water partition coefficient (Wildman–Crippen LogP) is 3.19. The molecule has 0 saturated heterocycles. The minimum atomic E-state index is -1.66. The molecule has 31 heavy (non-hydrogen) atoms. The van der Waals surface area contributed by atoms with Crippen molar-refractivity contribution in [1.29, 1.82) is 0 Å². The quantitative estimate of drug-likeness (QED) is 0.710. The summed E-state index contributed by atoms with van der Waals surface area (Å²) in [6, 6.07) is 0. The van der Waals surface area contributed by atoms with Gasteiger partial charge in [0.1, 0.15) is 12.2 Å². The van der Waals surface area contributed by atoms with E-state index < -0.39 is 40.0 Å². The lowest BCUT2D eigenvalue weighted by atomic mass is 9.35. The van der Waals surface area contributed by atoms with E-state index in [9.17, 15) is 19.8 Å². The molecule has 2 N–H and O–H groups in total. The number of Topliss-reactive ketones (excluding diaryl/α,β-unsaturated/α-hetero) is 1. The van der Waals surface area contributed by atoms with Crippen molar-refractivity contribution in [3.63, 3.8) is 0 Å². The maximum Gasteiger partial charge on any atom is 0.190 e. The van der Waals surface area contributed by atoms with E-state index in [0.29, 0.717) is 19.3 Å². The second-order valence-electron chi connectivity index (χ2n) is 11.1. The summed E-state index contributed by atoms with van der Waals surface area (Å²) in [5.74, 6) is -1.08. The molecule has 0 spiro atoms. The second-order valence-corrected chi connectivity index (χ2v) is 11.1. The first-order valence-corrected chi connectivity index (χ1v) is 11.3. The number of ketones is 2. The summed E-state index contributed by atoms with van der Waals surface area (Å²) in [5.41, 5.74) is -4.18. The van der Waals surface area contributed by atoms with Gasteiger partial charge in [-0.3, -0.25) is 14.0 Å². The minimum Gasteiger partial charge on any atom is -0.392 e. The van der Waals surface area contributed by atoms with Crippen molar-refractivity contribution in [3.8, 4) is 0 Å². The SMILES string of the molecule is COCC(=O)[C@@]1(O)[C@H](C)C[C@@]2(C)[C@@H]3CCC4=CC(=O)C=C[C@]4(C)[C@@]3(CF)[C@@H](O)C[C@@]21C. The average molecular weight is 435 g/mol. The topological polar surface area (TPSA) is 83.8 Å². The number of hydrogen-bond donors (Lipinski definition) is 2. The van der Waals surface area contributed by atoms with E-state index in [1.807, 2.05) is 20.8 Å². The molecule has 0 amide bonds. The molecule has 3 fully saturated rings. The summed E-state index contributed by atoms with van der Waals surface area (Å²) in [4.78, 5) is 25.2. The molecule has 5 nitrogen and oxygen atoms in total. The molecular weight excluding hydrogens is 399 g/mol. The highest BCUT2D eigenvalue weighted by Gasteiger charge is 2.79. The zero-order valence-electron chi connectivity index (χ0n) is 19.2. The number of aliphatic hydroxyl groups excluding tert-OH is 1. The number of fused-ring (bicyclic) bond motifs is 5. The number of carbonyl (C=O) groups is 2. The van der Waals surface area contributed by atoms with Crippen LogP contribution in [0.1, 0.15) is 53.4 Å². The van der Waals surface area contributed by atoms with Crippen molar-refractivity contribution >= 4 is 11.6 Å². The van der Waals surface area contributed by atoms with Crippen LogP contribution in [0.2, 0.25) is 0 Å². The fourth-order valence-corrected chi connectivity index (χ4v) is 8.51. The maximum absolute atomic E-state index is 15.2. The number of rotatable bonds is 4. The molecule has 6 heteroatoms. The van der Waals surface area contributed by atoms with Crippen LogP contribution in [0.3, 0.4) is 0 Å². The van der Waals surface area contributed by atoms with Crippen LogP contribution in [0.25, 0.3) is 0 Å². The van der Waals surface area contributed by atoms with Crippen LogP contribution in [0.4, 0.5) is 4.39 Å². The molecule has 4 rings (SSSR count). The van der Waals surface area contributed by atoms with Crippen LogP contribution < -0.4 is 0 Å². The number of ether oxygens (including phenoxy) is 1. The van der Waals surface area contributed by atoms with Gasteiger partial charge in [0, 0.05) is 23.4 Å². The van der Waals surface area contributed by atoms with Gasteiger partial charge >= 0.3 is 0 Å². The zero-order valence-corrected chi connectivity index (χ0v) is 19.2. The number of allylic oxidation sites excluding steroid dienone is 4. The largest absolute Gasteiger partial charge is 0.392 e. The number of hydrogen-bond acceptors (Lipinski definition) is 5. The van der Waals surface area contributed by atoms with Crippen molar-refractivity contribution in [1.82, 2.24) is 0 Å². The number of aliphatic hydroxyl groups is 2. The Morgan fingerprint density at radius 1 is 1.29 bits per heavy atom. The molecule has 0 aromatic heterocycles. The first-order valence-electron chi connectivity index (χ1n) is 11.3. The molecular formula is C25H35FO5. The van der Waals surface area contributed by atoms with Crippen LogP contribution in [0.15, 0.2) is 23.8 Å². The van der Waals surface area contributed by atoms with E-state index in [4.69, 9.17) is 4.74 Å². The van der Waals surface area contributed by atoms with E-state index in [-0.39, 0.29) is 36.4 Å². The van der Waals surface area contributed by atoms with Crippen molar-refractivity contribution in [2.45, 2.75) is 65.1 Å². The molecule has 0 radical (unpaired) electrons. The van der Waals surface area contributed by atoms with Gasteiger partial charge in [0.05, 0.1) is 12.8 Å². The summed E-state index contributed by atoms with van der Waals surface area (Å²) in [7, 11) is 1.43. The fourth-order valence-electron chi connectivity index (χ4n) is 8.51. The van der Waals surface area contributed by atoms with Crippen LogP contribution in [-0.4, -0.2) is 53.9 Å². The normalized spacial score (nSPS) is 51.0. The Bertz CT molecular complexity index is 881. The third kappa shape index (κ3) is 2.37. The monoisotopic (exact) mass is 434 g/mol. The molecule has 4 aliphatic rings. The number of alkyl halides is 1. The average Bonchev–Trinajstić information content (AvgIpc) is 2.86. The Labute approximate surface area is 183 Å². The summed E-state index contributed by atoms with van der Waals surface area (Å²) in [5, 5.41) is 23.5. The molecule has 0 aromatic carbocycles. The molecule has 4 aliphatic carbocycles. The molecule has 0 bridgehead atoms. The van der Waals surface area contributed by atoms with Gasteiger partial charge in [-0.2, -0.15) is 0 Å². The van der Waals surface area contributed by atoms with Crippen molar-refractivity contribution in [2.24, 2.45) is 33.5 Å². The highest BCUT2D eigenvalue weighted by Crippen LogP contribution is 2.77. The number of carbonyl (C=O) groups excluding carboxylic acids is 2. The molecule has 172 valence electrons. The number of halogens is 1. The summed E-state index contributed by atoms with van der Waals surface area (Å²) >= 11 is 0. The van der Waals surface area contributed by atoms with Gasteiger partial charge in [0.2, 0.25) is 0 Å². The Kier molecular flexibility index (Phi) is 5.01. The van der Waals surface area contributed by atoms with Gasteiger partial charge < -0.3 is 14.9 Å². The molecule has 0 aliphatic heterocycles. The standard InChI is InChI=1S/C25H35FO5/c1-15-11-22(3)18-7-6-16-10-17(27)8-9-21(16,2)24(18,14-26)19(28)12-23(22,4)25(15,30)20(29)13-31-5/h8-10,15,18-19,28,30H,6-7,11-14H2,1-5H3/t15-,18+,19+,21+,22+,23+,24-,25+/m1/s1. The van der Waals surface area contributed by atoms with Crippen molar-refractivity contribution in [3.05, 3.63) is 23.8 Å². The predicted molar refractivity (Wildman–Crippen MR) is 114 cm³/mol. The molecule has 3 saturated carbocycles. The Morgan fingerprint density at radius 2 is 1.97 bits per heavy atom. The lowest BCUT2D eigenvalue weighted by Gasteiger charge is -2.69. The lowest BCUT2D eigenvalue weighted by Crippen LogP contribution is -2.71. The molecule has 0 heterocycles. The van der Waals surface area contributed by atoms with E-state index in [1.54, 1.807) is 12.2 Å². The van der Waals surface area contributed by atoms with Gasteiger partial charge in [-0.05, 0) is 55.1 Å². The third-order valence-corrected chi connectivity index (χ3v) is 10.3. The van der Waals surface area contributed by atoms with Gasteiger partial charge in [0.15, 0.2) is 11.6 Å². The van der Waals surface area contributed by atoms with Gasteiger partial charge in [-0.15, -0.1) is 0 Å². The van der Waals surface area contributed by atoms with E-state index >= 15 is 4.39 Å². The van der Waals surface area contributed by atoms with Crippen LogP contribution in [0, 0.1) is 33.5 Å². The van der Waals surface area contributed by atoms with E-state index in [0.717, 1.165) is 5.57 Å². The summed E-state index contributed by atoms with van der Waals surface area (Å²) in [6.45, 7) is 6.85. The zero-order chi connectivity index (χ0) is 23.0. The van der Waals surface area contributed by atoms with Crippen molar-refractivity contribution < 1.29 is 28.9 Å². The Morgan fingerprint density at radius 3 is 2.58 bits per heavy atom. The van der Waals surface area contributed by atoms with E-state index in [1.165, 1.54) is 13.2 Å². The summed E-state index contributed by atoms with van der Waals surface area (Å²) < 4.78 is 20.3. The maximum atomic E-state index is 15.2. The van der Waals surface area contributed by atoms with Gasteiger partial charge in [-0.25, -0.2) is 0 Å². The second kappa shape index (κ2) is 6.82. The smallest absolute Gasteiger partial charge is 0.190 e. The Hall–Kier alpha value is -1.37. The van der Waals surface area contributed by atoms with Crippen LogP contribution >= 0.6 is 0 Å². The van der Waals surface area contributed by atoms with Gasteiger partial charge in [0.25, 0.3) is 0 Å². The first-order chi connectivity index (χ1) is 14.4. The molecule has 0 aromatic rings. The lowest BCUT2D eigenvalue weighted by molar-refractivity contribution is -0.248.